The summed E-state index contributed by atoms with van der Waals surface area (Å²) in [6, 6.07) is -0.378. The molecule has 2 heterocycles. The third-order valence-electron chi connectivity index (χ3n) is 4.55. The van der Waals surface area contributed by atoms with Crippen LogP contribution in [0.1, 0.15) is 39.3 Å². The summed E-state index contributed by atoms with van der Waals surface area (Å²) in [5.41, 5.74) is -0.538. The number of alkyl halides is 2. The molecular weight excluding hydrogens is 364 g/mol. The molecule has 27 heavy (non-hydrogen) atoms. The van der Waals surface area contributed by atoms with Gasteiger partial charge in [0.2, 0.25) is 11.9 Å². The first kappa shape index (κ1) is 20.9. The topological polar surface area (TPSA) is 104 Å². The van der Waals surface area contributed by atoms with Crippen LogP contribution >= 0.6 is 0 Å². The number of esters is 1. The molecule has 0 saturated carbocycles. The predicted octanol–water partition coefficient (Wildman–Crippen LogP) is 2.57. The number of ether oxygens (including phenoxy) is 2. The summed E-state index contributed by atoms with van der Waals surface area (Å²) >= 11 is 0. The molecule has 1 saturated heterocycles. The minimum atomic E-state index is -3.13. The second kappa shape index (κ2) is 8.12. The van der Waals surface area contributed by atoms with Crippen molar-refractivity contribution in [2.45, 2.75) is 52.4 Å². The van der Waals surface area contributed by atoms with E-state index in [4.69, 9.17) is 4.74 Å². The van der Waals surface area contributed by atoms with Crippen molar-refractivity contribution < 1.29 is 28.0 Å². The Kier molecular flexibility index (Phi) is 6.30. The number of aromatic nitrogens is 1. The van der Waals surface area contributed by atoms with Crippen molar-refractivity contribution in [2.24, 2.45) is 11.3 Å². The fourth-order valence-electron chi connectivity index (χ4n) is 3.61. The third kappa shape index (κ3) is 4.49. The van der Waals surface area contributed by atoms with Gasteiger partial charge in [0.25, 0.3) is 0 Å². The Labute approximate surface area is 155 Å². The van der Waals surface area contributed by atoms with Gasteiger partial charge in [0.05, 0.1) is 12.5 Å². The van der Waals surface area contributed by atoms with Gasteiger partial charge in [-0.15, -0.1) is 0 Å². The maximum atomic E-state index is 12.7. The number of nitrogens with one attached hydrogen (secondary N) is 1. The van der Waals surface area contributed by atoms with Gasteiger partial charge in [-0.25, -0.2) is 4.98 Å². The number of rotatable bonds is 6. The third-order valence-corrected chi connectivity index (χ3v) is 4.55. The molecule has 10 heteroatoms. The molecule has 1 fully saturated rings. The standard InChI is InChI=1S/C17H23F2N3O5/c1-5-26-15(23)12-10(17(2,3)4)13(22(24)25)11(21-12)9-7-6-8-20-14(9)27-16(18)19/h6-8,10-13,16,21H,5H2,1-4H3/t10-,11+,12+,13+/m1/s1. The van der Waals surface area contributed by atoms with Crippen LogP contribution in [-0.4, -0.2) is 41.2 Å². The Hall–Kier alpha value is -2.36. The van der Waals surface area contributed by atoms with Crippen LogP contribution < -0.4 is 10.1 Å². The fourth-order valence-corrected chi connectivity index (χ4v) is 3.61. The highest BCUT2D eigenvalue weighted by Crippen LogP contribution is 2.45. The average Bonchev–Trinajstić information content (AvgIpc) is 2.96. The van der Waals surface area contributed by atoms with E-state index in [1.807, 2.05) is 0 Å². The zero-order chi connectivity index (χ0) is 20.4. The van der Waals surface area contributed by atoms with Crippen LogP contribution in [0.15, 0.2) is 18.3 Å². The molecule has 1 aromatic heterocycles. The molecule has 1 N–H and O–H groups in total. The second-order valence-electron chi connectivity index (χ2n) is 7.32. The molecule has 1 aliphatic heterocycles. The lowest BCUT2D eigenvalue weighted by atomic mass is 9.73. The van der Waals surface area contributed by atoms with E-state index in [0.29, 0.717) is 0 Å². The molecule has 8 nitrogen and oxygen atoms in total. The molecule has 2 rings (SSSR count). The highest BCUT2D eigenvalue weighted by molar-refractivity contribution is 5.77. The Morgan fingerprint density at radius 3 is 2.63 bits per heavy atom. The van der Waals surface area contributed by atoms with Crippen molar-refractivity contribution in [1.29, 1.82) is 0 Å². The van der Waals surface area contributed by atoms with E-state index in [-0.39, 0.29) is 12.2 Å². The molecule has 0 unspecified atom stereocenters. The highest BCUT2D eigenvalue weighted by Gasteiger charge is 2.59. The zero-order valence-electron chi connectivity index (χ0n) is 15.5. The van der Waals surface area contributed by atoms with Crippen LogP contribution in [0.3, 0.4) is 0 Å². The number of halogens is 2. The van der Waals surface area contributed by atoms with Crippen LogP contribution in [0.25, 0.3) is 0 Å². The average molecular weight is 387 g/mol. The van der Waals surface area contributed by atoms with Crippen molar-refractivity contribution in [3.8, 4) is 5.88 Å². The number of carbonyl (C=O) groups excluding carboxylic acids is 1. The van der Waals surface area contributed by atoms with E-state index in [1.165, 1.54) is 18.3 Å². The summed E-state index contributed by atoms with van der Waals surface area (Å²) in [5.74, 6) is -1.77. The number of carbonyl (C=O) groups is 1. The Morgan fingerprint density at radius 2 is 2.11 bits per heavy atom. The highest BCUT2D eigenvalue weighted by atomic mass is 19.3. The minimum Gasteiger partial charge on any atom is -0.465 e. The summed E-state index contributed by atoms with van der Waals surface area (Å²) in [4.78, 5) is 27.6. The lowest BCUT2D eigenvalue weighted by molar-refractivity contribution is -0.535. The maximum absolute atomic E-state index is 12.7. The van der Waals surface area contributed by atoms with Gasteiger partial charge in [0.1, 0.15) is 12.1 Å². The molecule has 0 aromatic carbocycles. The number of pyridine rings is 1. The van der Waals surface area contributed by atoms with Crippen molar-refractivity contribution in [2.75, 3.05) is 6.61 Å². The first-order valence-corrected chi connectivity index (χ1v) is 8.53. The molecule has 1 aliphatic rings. The van der Waals surface area contributed by atoms with Gasteiger partial charge in [-0.1, -0.05) is 26.8 Å². The molecular formula is C17H23F2N3O5. The summed E-state index contributed by atoms with van der Waals surface area (Å²) in [5, 5.41) is 14.8. The van der Waals surface area contributed by atoms with Crippen LogP contribution in [0.2, 0.25) is 0 Å². The van der Waals surface area contributed by atoms with Crippen molar-refractivity contribution in [3.63, 3.8) is 0 Å². The van der Waals surface area contributed by atoms with E-state index >= 15 is 0 Å². The zero-order valence-corrected chi connectivity index (χ0v) is 15.5. The van der Waals surface area contributed by atoms with Crippen molar-refractivity contribution in [1.82, 2.24) is 10.3 Å². The van der Waals surface area contributed by atoms with Crippen molar-refractivity contribution >= 4 is 5.97 Å². The van der Waals surface area contributed by atoms with E-state index in [2.05, 4.69) is 15.0 Å². The smallest absolute Gasteiger partial charge is 0.388 e. The van der Waals surface area contributed by atoms with Gasteiger partial charge in [-0.2, -0.15) is 8.78 Å². The van der Waals surface area contributed by atoms with E-state index in [1.54, 1.807) is 27.7 Å². The van der Waals surface area contributed by atoms with Gasteiger partial charge in [-0.05, 0) is 18.4 Å². The van der Waals surface area contributed by atoms with E-state index in [0.717, 1.165) is 0 Å². The Morgan fingerprint density at radius 1 is 1.44 bits per heavy atom. The first-order valence-electron chi connectivity index (χ1n) is 8.53. The maximum Gasteiger partial charge on any atom is 0.388 e. The number of nitrogens with zero attached hydrogens (tertiary/aromatic N) is 2. The van der Waals surface area contributed by atoms with E-state index in [9.17, 15) is 23.7 Å². The normalized spacial score (nSPS) is 25.4. The first-order chi connectivity index (χ1) is 12.6. The van der Waals surface area contributed by atoms with Crippen LogP contribution in [0.4, 0.5) is 8.78 Å². The Balaban J connectivity index is 2.53. The van der Waals surface area contributed by atoms with Gasteiger partial charge in [0, 0.05) is 16.7 Å². The minimum absolute atomic E-state index is 0.0977. The second-order valence-corrected chi connectivity index (χ2v) is 7.32. The van der Waals surface area contributed by atoms with Crippen LogP contribution in [0.5, 0.6) is 5.88 Å². The Bertz CT molecular complexity index is 695. The number of hydrogen-bond donors (Lipinski definition) is 1. The summed E-state index contributed by atoms with van der Waals surface area (Å²) < 4.78 is 34.9. The van der Waals surface area contributed by atoms with Crippen LogP contribution in [0, 0.1) is 21.4 Å². The van der Waals surface area contributed by atoms with Gasteiger partial charge >= 0.3 is 12.6 Å². The number of hydrogen-bond acceptors (Lipinski definition) is 7. The van der Waals surface area contributed by atoms with Crippen LogP contribution in [-0.2, 0) is 9.53 Å². The monoisotopic (exact) mass is 387 g/mol. The molecule has 0 amide bonds. The summed E-state index contributed by atoms with van der Waals surface area (Å²) in [6.07, 6.45) is 1.25. The van der Waals surface area contributed by atoms with Gasteiger partial charge < -0.3 is 9.47 Å². The summed E-state index contributed by atoms with van der Waals surface area (Å²) in [6.45, 7) is 3.97. The fraction of sp³-hybridized carbons (Fsp3) is 0.647. The predicted molar refractivity (Wildman–Crippen MR) is 90.9 cm³/mol. The van der Waals surface area contributed by atoms with Crippen molar-refractivity contribution in [3.05, 3.63) is 34.0 Å². The largest absolute Gasteiger partial charge is 0.465 e. The van der Waals surface area contributed by atoms with Gasteiger partial charge in [0.15, 0.2) is 0 Å². The molecule has 0 spiro atoms. The molecule has 4 atom stereocenters. The lowest BCUT2D eigenvalue weighted by Gasteiger charge is -2.31. The molecule has 1 aromatic rings. The lowest BCUT2D eigenvalue weighted by Crippen LogP contribution is -2.45. The summed E-state index contributed by atoms with van der Waals surface area (Å²) in [7, 11) is 0. The molecule has 0 radical (unpaired) electrons. The molecule has 150 valence electrons. The quantitative estimate of drug-likeness (QED) is 0.454. The molecule has 0 bridgehead atoms. The SMILES string of the molecule is CCOC(=O)[C@H]1N[C@@H](c2cccnc2OC(F)F)[C@@H]([N+](=O)[O-])[C@@H]1C(C)(C)C. The number of nitro groups is 1. The van der Waals surface area contributed by atoms with Gasteiger partial charge in [-0.3, -0.25) is 20.2 Å². The van der Waals surface area contributed by atoms with E-state index < -0.39 is 52.8 Å². The molecule has 0 aliphatic carbocycles.